The van der Waals surface area contributed by atoms with Crippen molar-refractivity contribution in [2.75, 3.05) is 5.43 Å². The molecule has 0 amide bonds. The third-order valence-electron chi connectivity index (χ3n) is 2.49. The number of anilines is 1. The number of nitrogens with one attached hydrogen (secondary N) is 1. The Hall–Kier alpha value is -2.53. The predicted octanol–water partition coefficient (Wildman–Crippen LogP) is 2.56. The number of carbonyl (C=O) groups is 1. The molecule has 6 heteroatoms. The third-order valence-corrected chi connectivity index (χ3v) is 2.82. The monoisotopic (exact) mass is 289 g/mol. The number of hydrazone groups is 1. The van der Waals surface area contributed by atoms with Crippen LogP contribution in [0.1, 0.15) is 15.9 Å². The van der Waals surface area contributed by atoms with Crippen LogP contribution in [-0.4, -0.2) is 17.3 Å². The quantitative estimate of drug-likeness (QED) is 0.669. The van der Waals surface area contributed by atoms with Crippen molar-refractivity contribution >= 4 is 29.5 Å². The van der Waals surface area contributed by atoms with E-state index in [0.717, 1.165) is 5.56 Å². The van der Waals surface area contributed by atoms with Gasteiger partial charge in [-0.3, -0.25) is 5.43 Å². The largest absolute Gasteiger partial charge is 0.872 e. The summed E-state index contributed by atoms with van der Waals surface area (Å²) in [4.78, 5) is 10.9. The van der Waals surface area contributed by atoms with Gasteiger partial charge in [0.1, 0.15) is 0 Å². The van der Waals surface area contributed by atoms with E-state index in [1.807, 2.05) is 0 Å². The lowest BCUT2D eigenvalue weighted by Gasteiger charge is -2.05. The van der Waals surface area contributed by atoms with Crippen LogP contribution >= 0.6 is 11.6 Å². The lowest BCUT2D eigenvalue weighted by atomic mass is 10.2. The van der Waals surface area contributed by atoms with E-state index in [2.05, 4.69) is 10.5 Å². The Labute approximate surface area is 120 Å². The Kier molecular flexibility index (Phi) is 4.22. The van der Waals surface area contributed by atoms with Crippen molar-refractivity contribution in [3.8, 4) is 5.75 Å². The van der Waals surface area contributed by atoms with Crippen LogP contribution in [0.5, 0.6) is 5.75 Å². The average molecular weight is 290 g/mol. The van der Waals surface area contributed by atoms with Gasteiger partial charge in [-0.05, 0) is 23.8 Å². The number of rotatable bonds is 4. The third kappa shape index (κ3) is 3.49. The molecule has 2 aromatic carbocycles. The fraction of sp³-hybridized carbons (Fsp3) is 0. The molecule has 0 heterocycles. The van der Waals surface area contributed by atoms with Crippen LogP contribution < -0.4 is 10.5 Å². The second kappa shape index (κ2) is 6.08. The fourth-order valence-electron chi connectivity index (χ4n) is 1.47. The minimum absolute atomic E-state index is 0.0766. The van der Waals surface area contributed by atoms with Crippen LogP contribution in [0.4, 0.5) is 5.69 Å². The van der Waals surface area contributed by atoms with Gasteiger partial charge in [0.2, 0.25) is 0 Å². The maximum Gasteiger partial charge on any atom is 0.335 e. The standard InChI is InChI=1S/C14H11ClN2O3/c15-12-6-3-10(14(19)20)7-13(12)17-16-8-9-1-4-11(18)5-2-9/h1-8,17-18H,(H,19,20)/p-1/b16-8+. The van der Waals surface area contributed by atoms with Gasteiger partial charge < -0.3 is 10.2 Å². The second-order valence-corrected chi connectivity index (χ2v) is 4.35. The highest BCUT2D eigenvalue weighted by Crippen LogP contribution is 2.23. The van der Waals surface area contributed by atoms with Gasteiger partial charge in [-0.15, -0.1) is 5.75 Å². The Morgan fingerprint density at radius 1 is 1.25 bits per heavy atom. The minimum atomic E-state index is -1.04. The number of hydrogen-bond donors (Lipinski definition) is 2. The zero-order valence-electron chi connectivity index (χ0n) is 10.2. The molecule has 0 atom stereocenters. The first kappa shape index (κ1) is 13.9. The van der Waals surface area contributed by atoms with Gasteiger partial charge in [-0.2, -0.15) is 5.10 Å². The second-order valence-electron chi connectivity index (χ2n) is 3.94. The lowest BCUT2D eigenvalue weighted by molar-refractivity contribution is -0.268. The van der Waals surface area contributed by atoms with Crippen molar-refractivity contribution in [1.29, 1.82) is 0 Å². The molecule has 0 bridgehead atoms. The molecule has 102 valence electrons. The summed E-state index contributed by atoms with van der Waals surface area (Å²) in [7, 11) is 0. The maximum absolute atomic E-state index is 10.9. The summed E-state index contributed by atoms with van der Waals surface area (Å²) in [5.41, 5.74) is 3.91. The van der Waals surface area contributed by atoms with Crippen molar-refractivity contribution in [2.45, 2.75) is 0 Å². The number of carboxylic acid groups (broad SMARTS) is 1. The normalized spacial score (nSPS) is 10.7. The van der Waals surface area contributed by atoms with Crippen molar-refractivity contribution in [3.63, 3.8) is 0 Å². The number of carboxylic acids is 1. The first-order valence-corrected chi connectivity index (χ1v) is 6.03. The number of aromatic carboxylic acids is 1. The molecule has 0 aliphatic heterocycles. The molecule has 20 heavy (non-hydrogen) atoms. The van der Waals surface area contributed by atoms with Crippen LogP contribution in [0.2, 0.25) is 5.02 Å². The maximum atomic E-state index is 10.9. The molecule has 0 unspecified atom stereocenters. The topological polar surface area (TPSA) is 84.8 Å². The van der Waals surface area contributed by atoms with Crippen molar-refractivity contribution in [1.82, 2.24) is 0 Å². The van der Waals surface area contributed by atoms with Crippen LogP contribution in [0.25, 0.3) is 0 Å². The molecule has 2 aromatic rings. The van der Waals surface area contributed by atoms with E-state index < -0.39 is 5.97 Å². The number of benzene rings is 2. The summed E-state index contributed by atoms with van der Waals surface area (Å²) in [5.74, 6) is -1.12. The molecule has 0 fully saturated rings. The van der Waals surface area contributed by atoms with Crippen molar-refractivity contribution in [2.24, 2.45) is 5.10 Å². The summed E-state index contributed by atoms with van der Waals surface area (Å²) < 4.78 is 0. The van der Waals surface area contributed by atoms with Gasteiger partial charge in [0, 0.05) is 0 Å². The molecule has 0 aliphatic rings. The lowest BCUT2D eigenvalue weighted by Crippen LogP contribution is -1.98. The summed E-state index contributed by atoms with van der Waals surface area (Å²) in [5, 5.41) is 24.1. The molecule has 0 radical (unpaired) electrons. The first-order chi connectivity index (χ1) is 9.56. The van der Waals surface area contributed by atoms with Crippen LogP contribution in [-0.2, 0) is 0 Å². The van der Waals surface area contributed by atoms with Crippen molar-refractivity contribution in [3.05, 3.63) is 58.6 Å². The van der Waals surface area contributed by atoms with Gasteiger partial charge in [-0.1, -0.05) is 35.9 Å². The van der Waals surface area contributed by atoms with E-state index in [-0.39, 0.29) is 11.3 Å². The van der Waals surface area contributed by atoms with Crippen molar-refractivity contribution < 1.29 is 15.0 Å². The van der Waals surface area contributed by atoms with E-state index in [1.54, 1.807) is 12.1 Å². The molecule has 0 saturated carbocycles. The van der Waals surface area contributed by atoms with Gasteiger partial charge in [0.05, 0.1) is 22.5 Å². The summed E-state index contributed by atoms with van der Waals surface area (Å²) >= 11 is 5.93. The van der Waals surface area contributed by atoms with Gasteiger partial charge in [0.15, 0.2) is 0 Å². The zero-order valence-corrected chi connectivity index (χ0v) is 11.0. The molecule has 2 N–H and O–H groups in total. The van der Waals surface area contributed by atoms with Gasteiger partial charge in [0.25, 0.3) is 0 Å². The van der Waals surface area contributed by atoms with E-state index in [1.165, 1.54) is 36.5 Å². The zero-order chi connectivity index (χ0) is 14.5. The molecule has 0 spiro atoms. The molecule has 5 nitrogen and oxygen atoms in total. The van der Waals surface area contributed by atoms with Crippen LogP contribution in [0.3, 0.4) is 0 Å². The number of hydrogen-bond acceptors (Lipinski definition) is 4. The molecule has 0 saturated heterocycles. The SMILES string of the molecule is O=C(O)c1ccc(Cl)c(N/N=C/c2ccc([O-])cc2)c1. The van der Waals surface area contributed by atoms with Crippen LogP contribution in [0.15, 0.2) is 47.6 Å². The Bertz CT molecular complexity index is 654. The highest BCUT2D eigenvalue weighted by atomic mass is 35.5. The highest BCUT2D eigenvalue weighted by Gasteiger charge is 2.06. The smallest absolute Gasteiger partial charge is 0.335 e. The summed E-state index contributed by atoms with van der Waals surface area (Å²) in [6.07, 6.45) is 1.50. The Balaban J connectivity index is 2.12. The Morgan fingerprint density at radius 2 is 1.95 bits per heavy atom. The number of nitrogens with zero attached hydrogens (tertiary/aromatic N) is 1. The highest BCUT2D eigenvalue weighted by molar-refractivity contribution is 6.33. The minimum Gasteiger partial charge on any atom is -0.872 e. The molecule has 2 rings (SSSR count). The predicted molar refractivity (Wildman–Crippen MR) is 75.5 cm³/mol. The van der Waals surface area contributed by atoms with E-state index in [4.69, 9.17) is 16.7 Å². The molecule has 0 aromatic heterocycles. The summed E-state index contributed by atoms with van der Waals surface area (Å²) in [6.45, 7) is 0. The average Bonchev–Trinajstić information content (AvgIpc) is 2.43. The molecular formula is C14H10ClN2O3-. The first-order valence-electron chi connectivity index (χ1n) is 5.65. The Morgan fingerprint density at radius 3 is 2.60 bits per heavy atom. The molecule has 0 aliphatic carbocycles. The van der Waals surface area contributed by atoms with Gasteiger partial charge in [-0.25, -0.2) is 4.79 Å². The van der Waals surface area contributed by atoms with Crippen LogP contribution in [0, 0.1) is 0 Å². The van der Waals surface area contributed by atoms with Gasteiger partial charge >= 0.3 is 5.97 Å². The summed E-state index contributed by atoms with van der Waals surface area (Å²) in [6, 6.07) is 10.4. The van der Waals surface area contributed by atoms with E-state index in [0.29, 0.717) is 10.7 Å². The fourth-order valence-corrected chi connectivity index (χ4v) is 1.63. The van der Waals surface area contributed by atoms with E-state index >= 15 is 0 Å². The number of halogens is 1. The van der Waals surface area contributed by atoms with E-state index in [9.17, 15) is 9.90 Å². The molecular weight excluding hydrogens is 280 g/mol.